The van der Waals surface area contributed by atoms with Gasteiger partial charge in [-0.3, -0.25) is 0 Å². The second-order valence-electron chi connectivity index (χ2n) is 3.95. The molecule has 0 saturated carbocycles. The van der Waals surface area contributed by atoms with E-state index in [0.717, 1.165) is 13.0 Å². The normalized spacial score (nSPS) is 12.2. The molecule has 0 aliphatic carbocycles. The molecular formula is C11H26N2O4S. The summed E-state index contributed by atoms with van der Waals surface area (Å²) in [6, 6.07) is 0. The van der Waals surface area contributed by atoms with Crippen molar-refractivity contribution in [3.63, 3.8) is 0 Å². The first-order valence-electron chi connectivity index (χ1n) is 6.25. The monoisotopic (exact) mass is 282 g/mol. The lowest BCUT2D eigenvalue weighted by molar-refractivity contribution is 0.150. The minimum atomic E-state index is -3.24. The lowest BCUT2D eigenvalue weighted by atomic mass is 10.5. The van der Waals surface area contributed by atoms with Crippen LogP contribution in [0.2, 0.25) is 0 Å². The maximum atomic E-state index is 12.1. The van der Waals surface area contributed by atoms with Gasteiger partial charge in [0.25, 0.3) is 0 Å². The molecule has 0 saturated heterocycles. The van der Waals surface area contributed by atoms with Gasteiger partial charge in [0, 0.05) is 33.9 Å². The molecule has 0 atom stereocenters. The number of rotatable bonds is 12. The lowest BCUT2D eigenvalue weighted by Crippen LogP contribution is -2.40. The molecule has 0 spiro atoms. The molecule has 18 heavy (non-hydrogen) atoms. The average molecular weight is 282 g/mol. The van der Waals surface area contributed by atoms with E-state index in [1.807, 2.05) is 6.92 Å². The van der Waals surface area contributed by atoms with Crippen LogP contribution in [0.5, 0.6) is 0 Å². The Balaban J connectivity index is 4.24. The first kappa shape index (κ1) is 17.8. The zero-order valence-electron chi connectivity index (χ0n) is 11.6. The van der Waals surface area contributed by atoms with Crippen LogP contribution in [0, 0.1) is 0 Å². The maximum Gasteiger partial charge on any atom is 0.215 e. The second kappa shape index (κ2) is 10.7. The Labute approximate surface area is 111 Å². The Hall–Kier alpha value is -0.210. The highest BCUT2D eigenvalue weighted by atomic mass is 32.2. The molecule has 0 aromatic rings. The van der Waals surface area contributed by atoms with Crippen LogP contribution in [0.1, 0.15) is 13.3 Å². The summed E-state index contributed by atoms with van der Waals surface area (Å²) < 4.78 is 35.4. The average Bonchev–Trinajstić information content (AvgIpc) is 2.34. The molecule has 7 heteroatoms. The van der Waals surface area contributed by atoms with E-state index in [-0.39, 0.29) is 5.75 Å². The largest absolute Gasteiger partial charge is 0.383 e. The van der Waals surface area contributed by atoms with Crippen molar-refractivity contribution in [2.75, 3.05) is 59.4 Å². The number of hydrogen-bond donors (Lipinski definition) is 1. The first-order chi connectivity index (χ1) is 8.58. The fourth-order valence-corrected chi connectivity index (χ4v) is 2.77. The lowest BCUT2D eigenvalue weighted by Gasteiger charge is -2.21. The van der Waals surface area contributed by atoms with Crippen molar-refractivity contribution in [1.29, 1.82) is 0 Å². The molecule has 0 aliphatic rings. The molecule has 110 valence electrons. The van der Waals surface area contributed by atoms with Crippen LogP contribution in [0.15, 0.2) is 0 Å². The molecule has 1 N–H and O–H groups in total. The van der Waals surface area contributed by atoms with E-state index in [0.29, 0.717) is 32.8 Å². The molecule has 0 radical (unpaired) electrons. The van der Waals surface area contributed by atoms with Crippen molar-refractivity contribution in [3.8, 4) is 0 Å². The van der Waals surface area contributed by atoms with Crippen LogP contribution in [-0.4, -0.2) is 72.1 Å². The van der Waals surface area contributed by atoms with E-state index in [1.165, 1.54) is 4.31 Å². The molecular weight excluding hydrogens is 256 g/mol. The highest BCUT2D eigenvalue weighted by Gasteiger charge is 2.20. The van der Waals surface area contributed by atoms with Crippen LogP contribution in [0.4, 0.5) is 0 Å². The third kappa shape index (κ3) is 7.99. The summed E-state index contributed by atoms with van der Waals surface area (Å²) >= 11 is 0. The summed E-state index contributed by atoms with van der Waals surface area (Å²) in [5, 5.41) is 3.09. The van der Waals surface area contributed by atoms with Crippen LogP contribution < -0.4 is 5.32 Å². The molecule has 0 unspecified atom stereocenters. The van der Waals surface area contributed by atoms with E-state index in [2.05, 4.69) is 5.32 Å². The number of hydrogen-bond acceptors (Lipinski definition) is 5. The zero-order chi connectivity index (χ0) is 13.9. The van der Waals surface area contributed by atoms with Crippen LogP contribution in [0.25, 0.3) is 0 Å². The van der Waals surface area contributed by atoms with Gasteiger partial charge in [-0.15, -0.1) is 0 Å². The topological polar surface area (TPSA) is 67.9 Å². The summed E-state index contributed by atoms with van der Waals surface area (Å²) in [7, 11) is -0.118. The Morgan fingerprint density at radius 1 is 1.06 bits per heavy atom. The van der Waals surface area contributed by atoms with Gasteiger partial charge in [-0.2, -0.15) is 4.31 Å². The van der Waals surface area contributed by atoms with Gasteiger partial charge in [0.15, 0.2) is 0 Å². The van der Waals surface area contributed by atoms with Crippen LogP contribution >= 0.6 is 0 Å². The van der Waals surface area contributed by atoms with Gasteiger partial charge in [0.1, 0.15) is 0 Å². The van der Waals surface area contributed by atoms with Crippen molar-refractivity contribution >= 4 is 10.0 Å². The number of sulfonamides is 1. The summed E-state index contributed by atoms with van der Waals surface area (Å²) in [6.07, 6.45) is 0.997. The highest BCUT2D eigenvalue weighted by molar-refractivity contribution is 7.89. The molecule has 0 fully saturated rings. The molecule has 6 nitrogen and oxygen atoms in total. The molecule has 0 heterocycles. The summed E-state index contributed by atoms with van der Waals surface area (Å²) in [5.74, 6) is 0.112. The molecule has 0 aliphatic heterocycles. The maximum absolute atomic E-state index is 12.1. The molecule has 0 aromatic heterocycles. The van der Waals surface area contributed by atoms with E-state index in [4.69, 9.17) is 9.47 Å². The Kier molecular flexibility index (Phi) is 10.6. The quantitative estimate of drug-likeness (QED) is 0.507. The van der Waals surface area contributed by atoms with Gasteiger partial charge in [0.05, 0.1) is 19.0 Å². The Morgan fingerprint density at radius 3 is 2.06 bits per heavy atom. The first-order valence-corrected chi connectivity index (χ1v) is 7.85. The van der Waals surface area contributed by atoms with Crippen LogP contribution in [-0.2, 0) is 19.5 Å². The molecule has 0 rings (SSSR count). The van der Waals surface area contributed by atoms with Gasteiger partial charge < -0.3 is 14.8 Å². The zero-order valence-corrected chi connectivity index (χ0v) is 12.5. The van der Waals surface area contributed by atoms with Crippen molar-refractivity contribution in [2.24, 2.45) is 0 Å². The molecule has 0 amide bonds. The number of nitrogens with one attached hydrogen (secondary N) is 1. The summed E-state index contributed by atoms with van der Waals surface area (Å²) in [6.45, 7) is 4.89. The summed E-state index contributed by atoms with van der Waals surface area (Å²) in [4.78, 5) is 0. The van der Waals surface area contributed by atoms with Crippen molar-refractivity contribution < 1.29 is 17.9 Å². The number of nitrogens with zero attached hydrogens (tertiary/aromatic N) is 1. The second-order valence-corrected chi connectivity index (χ2v) is 6.04. The van der Waals surface area contributed by atoms with Gasteiger partial charge >= 0.3 is 0 Å². The Bertz CT molecular complexity index is 275. The third-order valence-electron chi connectivity index (χ3n) is 2.45. The standard InChI is InChI=1S/C11H26N2O4S/c1-4-5-12-6-11-18(14,15)13(7-9-16-2)8-10-17-3/h12H,4-11H2,1-3H3. The Morgan fingerprint density at radius 2 is 1.61 bits per heavy atom. The van der Waals surface area contributed by atoms with Crippen molar-refractivity contribution in [3.05, 3.63) is 0 Å². The van der Waals surface area contributed by atoms with Crippen molar-refractivity contribution in [1.82, 2.24) is 9.62 Å². The fraction of sp³-hybridized carbons (Fsp3) is 1.00. The smallest absolute Gasteiger partial charge is 0.215 e. The number of ether oxygens (including phenoxy) is 2. The predicted octanol–water partition coefficient (Wildman–Crippen LogP) is -0.0894. The van der Waals surface area contributed by atoms with Crippen molar-refractivity contribution in [2.45, 2.75) is 13.3 Å². The van der Waals surface area contributed by atoms with E-state index in [1.54, 1.807) is 14.2 Å². The highest BCUT2D eigenvalue weighted by Crippen LogP contribution is 2.01. The van der Waals surface area contributed by atoms with Gasteiger partial charge in [-0.1, -0.05) is 6.92 Å². The molecule has 0 aromatic carbocycles. The van der Waals surface area contributed by atoms with Gasteiger partial charge in [-0.25, -0.2) is 8.42 Å². The SMILES string of the molecule is CCCNCCS(=O)(=O)N(CCOC)CCOC. The van der Waals surface area contributed by atoms with Gasteiger partial charge in [-0.05, 0) is 13.0 Å². The van der Waals surface area contributed by atoms with Crippen LogP contribution in [0.3, 0.4) is 0 Å². The number of methoxy groups -OCH3 is 2. The minimum Gasteiger partial charge on any atom is -0.383 e. The predicted molar refractivity (Wildman–Crippen MR) is 72.3 cm³/mol. The van der Waals surface area contributed by atoms with E-state index >= 15 is 0 Å². The third-order valence-corrected chi connectivity index (χ3v) is 4.32. The van der Waals surface area contributed by atoms with E-state index in [9.17, 15) is 8.42 Å². The minimum absolute atomic E-state index is 0.112. The summed E-state index contributed by atoms with van der Waals surface area (Å²) in [5.41, 5.74) is 0. The van der Waals surface area contributed by atoms with E-state index < -0.39 is 10.0 Å². The molecule has 0 bridgehead atoms. The van der Waals surface area contributed by atoms with Gasteiger partial charge in [0.2, 0.25) is 10.0 Å². The fourth-order valence-electron chi connectivity index (χ4n) is 1.41.